The Bertz CT molecular complexity index is 1330. The number of sulfone groups is 1. The molecule has 7 nitrogen and oxygen atoms in total. The van der Waals surface area contributed by atoms with E-state index >= 15 is 0 Å². The van der Waals surface area contributed by atoms with E-state index in [0.717, 1.165) is 29.1 Å². The number of para-hydroxylation sites is 1. The van der Waals surface area contributed by atoms with Gasteiger partial charge in [0.25, 0.3) is 5.91 Å². The van der Waals surface area contributed by atoms with Crippen molar-refractivity contribution in [1.29, 1.82) is 0 Å². The minimum atomic E-state index is -4.58. The van der Waals surface area contributed by atoms with Gasteiger partial charge in [0.15, 0.2) is 15.5 Å². The van der Waals surface area contributed by atoms with Crippen LogP contribution in [0, 0.1) is 6.92 Å². The van der Waals surface area contributed by atoms with Crippen molar-refractivity contribution >= 4 is 21.4 Å². The highest BCUT2D eigenvalue weighted by Gasteiger charge is 2.30. The minimum Gasteiger partial charge on any atom is -0.319 e. The largest absolute Gasteiger partial charge is 0.416 e. The molecule has 1 aromatic heterocycles. The van der Waals surface area contributed by atoms with E-state index in [0.29, 0.717) is 0 Å². The average molecular weight is 451 g/mol. The van der Waals surface area contributed by atoms with E-state index in [1.807, 2.05) is 0 Å². The number of hydrogen-bond donors (Lipinski definition) is 1. The molecule has 0 saturated carbocycles. The highest BCUT2D eigenvalue weighted by molar-refractivity contribution is 7.90. The maximum atomic E-state index is 13.0. The van der Waals surface area contributed by atoms with E-state index in [1.165, 1.54) is 43.3 Å². The number of aryl methyl sites for hydroxylation is 1. The molecule has 1 N–H and O–H groups in total. The van der Waals surface area contributed by atoms with Gasteiger partial charge in [0.2, 0.25) is 5.43 Å². The maximum absolute atomic E-state index is 13.0. The Labute approximate surface area is 175 Å². The Morgan fingerprint density at radius 1 is 1.06 bits per heavy atom. The Balaban J connectivity index is 2.05. The highest BCUT2D eigenvalue weighted by atomic mass is 32.2. The first-order valence-electron chi connectivity index (χ1n) is 8.77. The van der Waals surface area contributed by atoms with Crippen molar-refractivity contribution in [1.82, 2.24) is 9.78 Å². The molecule has 3 rings (SSSR count). The third kappa shape index (κ3) is 4.82. The van der Waals surface area contributed by atoms with Gasteiger partial charge in [-0.2, -0.15) is 18.3 Å². The standard InChI is InChI=1S/C20H16F3N3O4S/c1-12-10-16(27)18(19(28)24-15-8-3-4-9-17(15)31(2,29)30)25-26(12)14-7-5-6-13(11-14)20(21,22)23/h3-11H,1-2H3,(H,24,28). The summed E-state index contributed by atoms with van der Waals surface area (Å²) in [4.78, 5) is 24.8. The summed E-state index contributed by atoms with van der Waals surface area (Å²) in [6.07, 6.45) is -3.62. The van der Waals surface area contributed by atoms with Gasteiger partial charge in [0.05, 0.1) is 21.8 Å². The normalized spacial score (nSPS) is 11.9. The molecule has 0 atom stereocenters. The number of rotatable bonds is 4. The van der Waals surface area contributed by atoms with Gasteiger partial charge in [0.1, 0.15) is 0 Å². The molecule has 0 bridgehead atoms. The summed E-state index contributed by atoms with van der Waals surface area (Å²) < 4.78 is 64.0. The molecule has 31 heavy (non-hydrogen) atoms. The molecule has 11 heteroatoms. The first kappa shape index (κ1) is 22.2. The fourth-order valence-electron chi connectivity index (χ4n) is 2.85. The second-order valence-corrected chi connectivity index (χ2v) is 8.67. The molecule has 0 aliphatic heterocycles. The lowest BCUT2D eigenvalue weighted by atomic mass is 10.2. The number of nitrogens with zero attached hydrogens (tertiary/aromatic N) is 2. The number of amides is 1. The monoisotopic (exact) mass is 451 g/mol. The van der Waals surface area contributed by atoms with Crippen LogP contribution >= 0.6 is 0 Å². The number of nitrogens with one attached hydrogen (secondary N) is 1. The zero-order valence-electron chi connectivity index (χ0n) is 16.3. The topological polar surface area (TPSA) is 98.1 Å². The lowest BCUT2D eigenvalue weighted by Crippen LogP contribution is -2.27. The molecule has 2 aromatic carbocycles. The first-order chi connectivity index (χ1) is 14.4. The molecule has 0 unspecified atom stereocenters. The number of anilines is 1. The minimum absolute atomic E-state index is 0.00193. The van der Waals surface area contributed by atoms with E-state index in [4.69, 9.17) is 0 Å². The molecule has 0 aliphatic carbocycles. The van der Waals surface area contributed by atoms with Crippen molar-refractivity contribution < 1.29 is 26.4 Å². The lowest BCUT2D eigenvalue weighted by molar-refractivity contribution is -0.137. The summed E-state index contributed by atoms with van der Waals surface area (Å²) in [5.41, 5.74) is -2.14. The van der Waals surface area contributed by atoms with E-state index in [1.54, 1.807) is 0 Å². The van der Waals surface area contributed by atoms with Crippen LogP contribution in [0.1, 0.15) is 21.7 Å². The fraction of sp³-hybridized carbons (Fsp3) is 0.150. The van der Waals surface area contributed by atoms with Crippen LogP contribution < -0.4 is 10.7 Å². The van der Waals surface area contributed by atoms with Gasteiger partial charge >= 0.3 is 6.18 Å². The van der Waals surface area contributed by atoms with Gasteiger partial charge in [-0.25, -0.2) is 13.1 Å². The summed E-state index contributed by atoms with van der Waals surface area (Å²) in [6.45, 7) is 1.45. The highest BCUT2D eigenvalue weighted by Crippen LogP contribution is 2.30. The molecular weight excluding hydrogens is 435 g/mol. The van der Waals surface area contributed by atoms with Crippen molar-refractivity contribution in [3.8, 4) is 5.69 Å². The second kappa shape index (κ2) is 7.99. The van der Waals surface area contributed by atoms with Gasteiger partial charge in [0, 0.05) is 18.0 Å². The predicted molar refractivity (Wildman–Crippen MR) is 107 cm³/mol. The Hall–Kier alpha value is -3.47. The van der Waals surface area contributed by atoms with Crippen LogP contribution in [0.2, 0.25) is 0 Å². The number of aromatic nitrogens is 2. The van der Waals surface area contributed by atoms with E-state index in [-0.39, 0.29) is 22.0 Å². The lowest BCUT2D eigenvalue weighted by Gasteiger charge is -2.14. The SMILES string of the molecule is Cc1cc(=O)c(C(=O)Nc2ccccc2S(C)(=O)=O)nn1-c1cccc(C(F)(F)F)c1. The Kier molecular flexibility index (Phi) is 5.72. The number of carbonyl (C=O) groups is 1. The predicted octanol–water partition coefficient (Wildman–Crippen LogP) is 3.22. The van der Waals surface area contributed by atoms with Crippen LogP contribution in [-0.2, 0) is 16.0 Å². The smallest absolute Gasteiger partial charge is 0.319 e. The number of alkyl halides is 3. The van der Waals surface area contributed by atoms with Crippen LogP contribution in [-0.4, -0.2) is 30.4 Å². The van der Waals surface area contributed by atoms with E-state index in [9.17, 15) is 31.2 Å². The summed E-state index contributed by atoms with van der Waals surface area (Å²) >= 11 is 0. The van der Waals surface area contributed by atoms with Crippen molar-refractivity contribution in [2.45, 2.75) is 18.0 Å². The van der Waals surface area contributed by atoms with Gasteiger partial charge in [-0.1, -0.05) is 18.2 Å². The maximum Gasteiger partial charge on any atom is 0.416 e. The third-order valence-electron chi connectivity index (χ3n) is 4.28. The quantitative estimate of drug-likeness (QED) is 0.657. The number of carbonyl (C=O) groups excluding carboxylic acids is 1. The average Bonchev–Trinajstić information content (AvgIpc) is 2.67. The summed E-state index contributed by atoms with van der Waals surface area (Å²) in [5.74, 6) is -0.998. The van der Waals surface area contributed by atoms with E-state index in [2.05, 4.69) is 10.4 Å². The van der Waals surface area contributed by atoms with E-state index < -0.39 is 38.6 Å². The molecule has 162 valence electrons. The summed E-state index contributed by atoms with van der Waals surface area (Å²) in [5, 5.41) is 6.26. The molecule has 0 fully saturated rings. The molecule has 0 spiro atoms. The fourth-order valence-corrected chi connectivity index (χ4v) is 3.70. The van der Waals surface area contributed by atoms with Gasteiger partial charge in [-0.15, -0.1) is 0 Å². The number of halogens is 3. The second-order valence-electron chi connectivity index (χ2n) is 6.68. The van der Waals surface area contributed by atoms with Crippen LogP contribution in [0.15, 0.2) is 64.3 Å². The van der Waals surface area contributed by atoms with Crippen molar-refractivity contribution in [2.75, 3.05) is 11.6 Å². The molecule has 0 aliphatic rings. The molecule has 0 saturated heterocycles. The Morgan fingerprint density at radius 2 is 1.74 bits per heavy atom. The Morgan fingerprint density at radius 3 is 2.39 bits per heavy atom. The van der Waals surface area contributed by atoms with Crippen LogP contribution in [0.5, 0.6) is 0 Å². The number of hydrogen-bond acceptors (Lipinski definition) is 5. The first-order valence-corrected chi connectivity index (χ1v) is 10.7. The molecular formula is C20H16F3N3O4S. The van der Waals surface area contributed by atoms with Crippen LogP contribution in [0.4, 0.5) is 18.9 Å². The van der Waals surface area contributed by atoms with Gasteiger partial charge < -0.3 is 5.32 Å². The van der Waals surface area contributed by atoms with Crippen molar-refractivity contribution in [2.24, 2.45) is 0 Å². The molecule has 1 amide bonds. The van der Waals surface area contributed by atoms with Crippen LogP contribution in [0.25, 0.3) is 5.69 Å². The molecule has 1 heterocycles. The van der Waals surface area contributed by atoms with Crippen molar-refractivity contribution in [3.63, 3.8) is 0 Å². The zero-order chi connectivity index (χ0) is 23.0. The summed E-state index contributed by atoms with van der Waals surface area (Å²) in [6, 6.07) is 10.9. The number of benzene rings is 2. The summed E-state index contributed by atoms with van der Waals surface area (Å²) in [7, 11) is -3.67. The van der Waals surface area contributed by atoms with Gasteiger partial charge in [-0.3, -0.25) is 9.59 Å². The van der Waals surface area contributed by atoms with Gasteiger partial charge in [-0.05, 0) is 37.3 Å². The van der Waals surface area contributed by atoms with Crippen molar-refractivity contribution in [3.05, 3.63) is 81.8 Å². The molecule has 3 aromatic rings. The van der Waals surface area contributed by atoms with Crippen LogP contribution in [0.3, 0.4) is 0 Å². The zero-order valence-corrected chi connectivity index (χ0v) is 17.1. The molecule has 0 radical (unpaired) electrons. The third-order valence-corrected chi connectivity index (χ3v) is 5.43.